The number of unbranched alkanes of at least 4 members (excludes halogenated alkanes) is 1. The molecule has 2 nitrogen and oxygen atoms in total. The van der Waals surface area contributed by atoms with Crippen LogP contribution in [-0.2, 0) is 6.54 Å². The predicted octanol–water partition coefficient (Wildman–Crippen LogP) is 3.44. The number of benzene rings is 1. The van der Waals surface area contributed by atoms with E-state index in [1.54, 1.807) is 6.07 Å². The first-order valence-electron chi connectivity index (χ1n) is 5.51. The maximum absolute atomic E-state index is 12.2. The van der Waals surface area contributed by atoms with Crippen molar-refractivity contribution in [3.05, 3.63) is 28.8 Å². The Kier molecular flexibility index (Phi) is 6.48. The van der Waals surface area contributed by atoms with E-state index >= 15 is 0 Å². The highest BCUT2D eigenvalue weighted by Gasteiger charge is 2.09. The molecule has 0 radical (unpaired) electrons. The Bertz CT molecular complexity index is 418. The van der Waals surface area contributed by atoms with E-state index < -0.39 is 6.61 Å². The number of terminal acetylenes is 1. The standard InChI is InChI=1S/C13H14ClF2NO/c1-2-3-4-7-17-9-10-8-11(14)5-6-12(10)18-13(15)16/h1,5-6,8,13,17H,3-4,7,9H2. The first-order chi connectivity index (χ1) is 8.63. The predicted molar refractivity (Wildman–Crippen MR) is 67.9 cm³/mol. The second-order valence-electron chi connectivity index (χ2n) is 3.62. The lowest BCUT2D eigenvalue weighted by Gasteiger charge is -2.11. The first kappa shape index (κ1) is 14.7. The van der Waals surface area contributed by atoms with Gasteiger partial charge in [-0.05, 0) is 31.2 Å². The quantitative estimate of drug-likeness (QED) is 0.607. The lowest BCUT2D eigenvalue weighted by atomic mass is 10.2. The zero-order valence-electron chi connectivity index (χ0n) is 9.76. The van der Waals surface area contributed by atoms with Crippen LogP contribution in [0.4, 0.5) is 8.78 Å². The van der Waals surface area contributed by atoms with Crippen LogP contribution in [0.2, 0.25) is 5.02 Å². The van der Waals surface area contributed by atoms with Gasteiger partial charge in [-0.1, -0.05) is 11.6 Å². The van der Waals surface area contributed by atoms with E-state index in [-0.39, 0.29) is 5.75 Å². The molecule has 0 aromatic heterocycles. The summed E-state index contributed by atoms with van der Waals surface area (Å²) in [5.74, 6) is 2.67. The van der Waals surface area contributed by atoms with Crippen LogP contribution in [0.3, 0.4) is 0 Å². The molecule has 0 saturated heterocycles. The third kappa shape index (κ3) is 5.35. The Morgan fingerprint density at radius 2 is 2.22 bits per heavy atom. The summed E-state index contributed by atoms with van der Waals surface area (Å²) in [6, 6.07) is 4.56. The van der Waals surface area contributed by atoms with Crippen molar-refractivity contribution in [2.24, 2.45) is 0 Å². The molecule has 0 spiro atoms. The minimum absolute atomic E-state index is 0.138. The van der Waals surface area contributed by atoms with Crippen molar-refractivity contribution < 1.29 is 13.5 Å². The number of ether oxygens (including phenoxy) is 1. The molecule has 98 valence electrons. The number of hydrogen-bond donors (Lipinski definition) is 1. The Morgan fingerprint density at radius 1 is 1.44 bits per heavy atom. The van der Waals surface area contributed by atoms with Gasteiger partial charge in [-0.25, -0.2) is 0 Å². The van der Waals surface area contributed by atoms with Gasteiger partial charge in [0.15, 0.2) is 0 Å². The van der Waals surface area contributed by atoms with Crippen LogP contribution in [0.5, 0.6) is 5.75 Å². The van der Waals surface area contributed by atoms with E-state index in [9.17, 15) is 8.78 Å². The molecule has 0 amide bonds. The van der Waals surface area contributed by atoms with Crippen molar-refractivity contribution in [2.75, 3.05) is 6.54 Å². The lowest BCUT2D eigenvalue weighted by Crippen LogP contribution is -2.16. The molecule has 18 heavy (non-hydrogen) atoms. The highest BCUT2D eigenvalue weighted by Crippen LogP contribution is 2.24. The number of hydrogen-bond acceptors (Lipinski definition) is 2. The molecule has 0 bridgehead atoms. The Hall–Kier alpha value is -1.31. The fourth-order valence-corrected chi connectivity index (χ4v) is 1.63. The van der Waals surface area contributed by atoms with E-state index in [0.717, 1.165) is 6.42 Å². The maximum Gasteiger partial charge on any atom is 0.387 e. The van der Waals surface area contributed by atoms with E-state index in [1.165, 1.54) is 12.1 Å². The summed E-state index contributed by atoms with van der Waals surface area (Å²) in [5.41, 5.74) is 0.600. The first-order valence-corrected chi connectivity index (χ1v) is 5.88. The van der Waals surface area contributed by atoms with Crippen LogP contribution < -0.4 is 10.1 Å². The molecule has 5 heteroatoms. The summed E-state index contributed by atoms with van der Waals surface area (Å²) < 4.78 is 28.8. The van der Waals surface area contributed by atoms with Crippen LogP contribution in [0, 0.1) is 12.3 Å². The summed E-state index contributed by atoms with van der Waals surface area (Å²) >= 11 is 5.82. The summed E-state index contributed by atoms with van der Waals surface area (Å²) in [6.07, 6.45) is 6.64. The zero-order chi connectivity index (χ0) is 13.4. The lowest BCUT2D eigenvalue weighted by molar-refractivity contribution is -0.0504. The van der Waals surface area contributed by atoms with Gasteiger partial charge in [0, 0.05) is 23.6 Å². The van der Waals surface area contributed by atoms with Crippen LogP contribution in [0.15, 0.2) is 18.2 Å². The number of halogens is 3. The van der Waals surface area contributed by atoms with E-state index in [4.69, 9.17) is 18.0 Å². The Morgan fingerprint density at radius 3 is 2.89 bits per heavy atom. The molecule has 0 aliphatic rings. The number of rotatable bonds is 7. The molecule has 0 aliphatic heterocycles. The van der Waals surface area contributed by atoms with Gasteiger partial charge < -0.3 is 10.1 Å². The molecule has 0 fully saturated rings. The molecule has 0 unspecified atom stereocenters. The number of alkyl halides is 2. The monoisotopic (exact) mass is 273 g/mol. The molecule has 1 aromatic carbocycles. The third-order valence-electron chi connectivity index (χ3n) is 2.23. The fraction of sp³-hybridized carbons (Fsp3) is 0.385. The van der Waals surface area contributed by atoms with Crippen LogP contribution in [0.1, 0.15) is 18.4 Å². The smallest absolute Gasteiger partial charge is 0.387 e. The van der Waals surface area contributed by atoms with Gasteiger partial charge >= 0.3 is 6.61 Å². The molecule has 0 aliphatic carbocycles. The van der Waals surface area contributed by atoms with Gasteiger partial charge in [-0.15, -0.1) is 12.3 Å². The highest BCUT2D eigenvalue weighted by molar-refractivity contribution is 6.30. The van der Waals surface area contributed by atoms with E-state index in [2.05, 4.69) is 16.0 Å². The van der Waals surface area contributed by atoms with Crippen molar-refractivity contribution in [3.63, 3.8) is 0 Å². The average molecular weight is 274 g/mol. The van der Waals surface area contributed by atoms with Crippen LogP contribution in [-0.4, -0.2) is 13.2 Å². The molecular weight excluding hydrogens is 260 g/mol. The summed E-state index contributed by atoms with van der Waals surface area (Å²) in [7, 11) is 0. The van der Waals surface area contributed by atoms with Gasteiger partial charge in [-0.3, -0.25) is 0 Å². The second kappa shape index (κ2) is 7.91. The fourth-order valence-electron chi connectivity index (χ4n) is 1.44. The maximum atomic E-state index is 12.2. The molecule has 0 atom stereocenters. The minimum Gasteiger partial charge on any atom is -0.434 e. The topological polar surface area (TPSA) is 21.3 Å². The minimum atomic E-state index is -2.84. The summed E-state index contributed by atoms with van der Waals surface area (Å²) in [6.45, 7) is -1.72. The van der Waals surface area contributed by atoms with Gasteiger partial charge in [0.25, 0.3) is 0 Å². The normalized spacial score (nSPS) is 10.4. The third-order valence-corrected chi connectivity index (χ3v) is 2.46. The highest BCUT2D eigenvalue weighted by atomic mass is 35.5. The Balaban J connectivity index is 2.56. The molecular formula is C13H14ClF2NO. The van der Waals surface area contributed by atoms with Crippen LogP contribution >= 0.6 is 11.6 Å². The van der Waals surface area contributed by atoms with Crippen molar-refractivity contribution in [2.45, 2.75) is 26.0 Å². The zero-order valence-corrected chi connectivity index (χ0v) is 10.5. The van der Waals surface area contributed by atoms with Gasteiger partial charge in [0.1, 0.15) is 5.75 Å². The van der Waals surface area contributed by atoms with Crippen molar-refractivity contribution in [1.82, 2.24) is 5.32 Å². The van der Waals surface area contributed by atoms with Crippen molar-refractivity contribution in [1.29, 1.82) is 0 Å². The molecule has 1 rings (SSSR count). The largest absolute Gasteiger partial charge is 0.434 e. The SMILES string of the molecule is C#CCCCNCc1cc(Cl)ccc1OC(F)F. The molecule has 0 heterocycles. The molecule has 1 aromatic rings. The van der Waals surface area contributed by atoms with E-state index in [0.29, 0.717) is 30.1 Å². The van der Waals surface area contributed by atoms with Gasteiger partial charge in [0.2, 0.25) is 0 Å². The van der Waals surface area contributed by atoms with Crippen molar-refractivity contribution in [3.8, 4) is 18.1 Å². The number of nitrogens with one attached hydrogen (secondary N) is 1. The Labute approximate surface area is 110 Å². The average Bonchev–Trinajstić information content (AvgIpc) is 2.31. The molecule has 0 saturated carbocycles. The van der Waals surface area contributed by atoms with Gasteiger partial charge in [-0.2, -0.15) is 8.78 Å². The van der Waals surface area contributed by atoms with Crippen LogP contribution in [0.25, 0.3) is 0 Å². The van der Waals surface area contributed by atoms with E-state index in [1.807, 2.05) is 0 Å². The van der Waals surface area contributed by atoms with Crippen molar-refractivity contribution >= 4 is 11.6 Å². The summed E-state index contributed by atoms with van der Waals surface area (Å²) in [5, 5.41) is 3.58. The van der Waals surface area contributed by atoms with Gasteiger partial charge in [0.05, 0.1) is 0 Å². The molecule has 1 N–H and O–H groups in total. The second-order valence-corrected chi connectivity index (χ2v) is 4.05. The summed E-state index contributed by atoms with van der Waals surface area (Å²) in [4.78, 5) is 0.